The Morgan fingerprint density at radius 2 is 2.22 bits per heavy atom. The number of piperidine rings is 1. The molecule has 27 heavy (non-hydrogen) atoms. The number of aryl methyl sites for hydroxylation is 1. The van der Waals surface area contributed by atoms with E-state index in [4.69, 9.17) is 4.74 Å². The lowest BCUT2D eigenvalue weighted by Crippen LogP contribution is -2.50. The molecule has 0 saturated carbocycles. The number of rotatable bonds is 3. The van der Waals surface area contributed by atoms with E-state index in [2.05, 4.69) is 33.2 Å². The Labute approximate surface area is 160 Å². The third-order valence-electron chi connectivity index (χ3n) is 5.69. The van der Waals surface area contributed by atoms with Crippen LogP contribution in [0.3, 0.4) is 0 Å². The second-order valence-corrected chi connectivity index (χ2v) is 7.97. The lowest BCUT2D eigenvalue weighted by atomic mass is 9.80. The molecule has 0 aliphatic carbocycles. The van der Waals surface area contributed by atoms with Gasteiger partial charge in [-0.05, 0) is 37.6 Å². The van der Waals surface area contributed by atoms with Gasteiger partial charge in [-0.3, -0.25) is 9.58 Å². The second-order valence-electron chi connectivity index (χ2n) is 7.97. The fourth-order valence-electron chi connectivity index (χ4n) is 4.49. The summed E-state index contributed by atoms with van der Waals surface area (Å²) in [5, 5.41) is 13.5. The summed E-state index contributed by atoms with van der Waals surface area (Å²) in [6, 6.07) is 10.2. The smallest absolute Gasteiger partial charge is 0.0992 e. The first-order valence-corrected chi connectivity index (χ1v) is 9.69. The first-order valence-electron chi connectivity index (χ1n) is 9.69. The van der Waals surface area contributed by atoms with Gasteiger partial charge in [-0.15, -0.1) is 0 Å². The molecule has 2 saturated heterocycles. The molecule has 0 unspecified atom stereocenters. The van der Waals surface area contributed by atoms with Crippen molar-refractivity contribution in [2.24, 2.45) is 12.5 Å². The Morgan fingerprint density at radius 1 is 1.30 bits per heavy atom. The standard InChI is InChI=1S/C21H27N5O/c1-24-13-19(12-23-24)14-25-7-3-6-21(15-25)16-26(8-9-27-17-21)20-5-2-4-18(10-20)11-22/h2,4-5,10,12-13H,3,6-9,14-17H2,1H3/t21-/m1/s1. The molecule has 0 amide bonds. The molecular weight excluding hydrogens is 338 g/mol. The molecule has 1 aromatic heterocycles. The molecular formula is C21H27N5O. The SMILES string of the molecule is Cn1cc(CN2CCC[C@@]3(COCCN(c4cccc(C#N)c4)C3)C2)cn1. The van der Waals surface area contributed by atoms with Crippen LogP contribution in [0.5, 0.6) is 0 Å². The average Bonchev–Trinajstić information content (AvgIpc) is 2.98. The van der Waals surface area contributed by atoms with Gasteiger partial charge in [-0.1, -0.05) is 6.07 Å². The number of ether oxygens (including phenoxy) is 1. The van der Waals surface area contributed by atoms with Crippen LogP contribution in [0.2, 0.25) is 0 Å². The van der Waals surface area contributed by atoms with Gasteiger partial charge in [0.25, 0.3) is 0 Å². The highest BCUT2D eigenvalue weighted by molar-refractivity contribution is 5.51. The van der Waals surface area contributed by atoms with E-state index in [0.29, 0.717) is 5.56 Å². The maximum atomic E-state index is 9.23. The van der Waals surface area contributed by atoms with Crippen LogP contribution in [0.4, 0.5) is 5.69 Å². The van der Waals surface area contributed by atoms with Gasteiger partial charge in [0.1, 0.15) is 0 Å². The number of likely N-dealkylation sites (tertiary alicyclic amines) is 1. The molecule has 1 spiro atoms. The van der Waals surface area contributed by atoms with E-state index in [-0.39, 0.29) is 5.41 Å². The van der Waals surface area contributed by atoms with Crippen molar-refractivity contribution in [3.05, 3.63) is 47.8 Å². The molecule has 4 rings (SSSR count). The zero-order chi connectivity index (χ0) is 18.7. The molecule has 0 radical (unpaired) electrons. The lowest BCUT2D eigenvalue weighted by molar-refractivity contribution is 0.0106. The highest BCUT2D eigenvalue weighted by Crippen LogP contribution is 2.35. The number of benzene rings is 1. The number of nitriles is 1. The van der Waals surface area contributed by atoms with Crippen LogP contribution in [0.1, 0.15) is 24.0 Å². The van der Waals surface area contributed by atoms with Gasteiger partial charge >= 0.3 is 0 Å². The molecule has 2 fully saturated rings. The Balaban J connectivity index is 1.50. The van der Waals surface area contributed by atoms with Crippen LogP contribution >= 0.6 is 0 Å². The summed E-state index contributed by atoms with van der Waals surface area (Å²) in [4.78, 5) is 4.94. The number of aromatic nitrogens is 2. The van der Waals surface area contributed by atoms with E-state index < -0.39 is 0 Å². The summed E-state index contributed by atoms with van der Waals surface area (Å²) in [6.07, 6.45) is 6.44. The summed E-state index contributed by atoms with van der Waals surface area (Å²) in [5.74, 6) is 0. The van der Waals surface area contributed by atoms with E-state index in [1.54, 1.807) is 0 Å². The average molecular weight is 365 g/mol. The molecule has 6 nitrogen and oxygen atoms in total. The highest BCUT2D eigenvalue weighted by atomic mass is 16.5. The molecule has 1 atom stereocenters. The first-order chi connectivity index (χ1) is 13.2. The quantitative estimate of drug-likeness (QED) is 0.836. The van der Waals surface area contributed by atoms with Crippen molar-refractivity contribution < 1.29 is 4.74 Å². The second kappa shape index (κ2) is 7.71. The van der Waals surface area contributed by atoms with Crippen LogP contribution in [-0.4, -0.2) is 54.1 Å². The van der Waals surface area contributed by atoms with E-state index in [9.17, 15) is 5.26 Å². The Morgan fingerprint density at radius 3 is 3.04 bits per heavy atom. The Kier molecular flexibility index (Phi) is 5.15. The number of hydrogen-bond donors (Lipinski definition) is 0. The van der Waals surface area contributed by atoms with Crippen molar-refractivity contribution in [2.75, 3.05) is 44.3 Å². The first kappa shape index (κ1) is 18.0. The summed E-state index contributed by atoms with van der Waals surface area (Å²) >= 11 is 0. The number of nitrogens with zero attached hydrogens (tertiary/aromatic N) is 5. The molecule has 2 aliphatic rings. The minimum absolute atomic E-state index is 0.138. The Bertz CT molecular complexity index is 826. The van der Waals surface area contributed by atoms with Crippen molar-refractivity contribution in [1.82, 2.24) is 14.7 Å². The molecule has 142 valence electrons. The van der Waals surface area contributed by atoms with Crippen LogP contribution in [-0.2, 0) is 18.3 Å². The van der Waals surface area contributed by atoms with Crippen molar-refractivity contribution >= 4 is 5.69 Å². The fourth-order valence-corrected chi connectivity index (χ4v) is 4.49. The molecule has 3 heterocycles. The third-order valence-corrected chi connectivity index (χ3v) is 5.69. The van der Waals surface area contributed by atoms with Gasteiger partial charge in [-0.2, -0.15) is 10.4 Å². The summed E-state index contributed by atoms with van der Waals surface area (Å²) in [7, 11) is 1.97. The third kappa shape index (κ3) is 4.15. The lowest BCUT2D eigenvalue weighted by Gasteiger charge is -2.44. The largest absolute Gasteiger partial charge is 0.379 e. The van der Waals surface area contributed by atoms with Gasteiger partial charge in [0.05, 0.1) is 31.0 Å². The predicted octanol–water partition coefficient (Wildman–Crippen LogP) is 2.41. The normalized spacial score (nSPS) is 23.9. The van der Waals surface area contributed by atoms with Crippen molar-refractivity contribution in [2.45, 2.75) is 19.4 Å². The maximum absolute atomic E-state index is 9.23. The summed E-state index contributed by atoms with van der Waals surface area (Å²) in [6.45, 7) is 6.51. The predicted molar refractivity (Wildman–Crippen MR) is 104 cm³/mol. The molecule has 6 heteroatoms. The fraction of sp³-hybridized carbons (Fsp3) is 0.524. The van der Waals surface area contributed by atoms with Crippen LogP contribution in [0, 0.1) is 16.7 Å². The number of anilines is 1. The maximum Gasteiger partial charge on any atom is 0.0992 e. The molecule has 2 aromatic rings. The topological polar surface area (TPSA) is 57.3 Å². The van der Waals surface area contributed by atoms with E-state index in [1.165, 1.54) is 18.4 Å². The van der Waals surface area contributed by atoms with Crippen molar-refractivity contribution in [1.29, 1.82) is 5.26 Å². The number of hydrogen-bond acceptors (Lipinski definition) is 5. The van der Waals surface area contributed by atoms with Gasteiger partial charge in [-0.25, -0.2) is 0 Å². The zero-order valence-corrected chi connectivity index (χ0v) is 16.0. The van der Waals surface area contributed by atoms with Gasteiger partial charge in [0, 0.05) is 56.1 Å². The summed E-state index contributed by atoms with van der Waals surface area (Å²) in [5.41, 5.74) is 3.25. The Hall–Kier alpha value is -2.36. The van der Waals surface area contributed by atoms with Crippen LogP contribution in [0.15, 0.2) is 36.7 Å². The monoisotopic (exact) mass is 365 g/mol. The van der Waals surface area contributed by atoms with Crippen molar-refractivity contribution in [3.63, 3.8) is 0 Å². The zero-order valence-electron chi connectivity index (χ0n) is 16.0. The minimum atomic E-state index is 0.138. The minimum Gasteiger partial charge on any atom is -0.379 e. The molecule has 0 bridgehead atoms. The van der Waals surface area contributed by atoms with Gasteiger partial charge < -0.3 is 9.64 Å². The van der Waals surface area contributed by atoms with E-state index >= 15 is 0 Å². The van der Waals surface area contributed by atoms with Crippen molar-refractivity contribution in [3.8, 4) is 6.07 Å². The molecule has 2 aliphatic heterocycles. The van der Waals surface area contributed by atoms with E-state index in [1.807, 2.05) is 36.1 Å². The highest BCUT2D eigenvalue weighted by Gasteiger charge is 2.39. The van der Waals surface area contributed by atoms with Gasteiger partial charge in [0.2, 0.25) is 0 Å². The summed E-state index contributed by atoms with van der Waals surface area (Å²) < 4.78 is 7.92. The van der Waals surface area contributed by atoms with Crippen LogP contribution in [0.25, 0.3) is 0 Å². The van der Waals surface area contributed by atoms with E-state index in [0.717, 1.165) is 51.6 Å². The molecule has 1 aromatic carbocycles. The van der Waals surface area contributed by atoms with Gasteiger partial charge in [0.15, 0.2) is 0 Å². The molecule has 0 N–H and O–H groups in total. The van der Waals surface area contributed by atoms with Crippen LogP contribution < -0.4 is 4.90 Å².